The maximum atomic E-state index is 5.75. The van der Waals surface area contributed by atoms with Gasteiger partial charge < -0.3 is 15.8 Å². The van der Waals surface area contributed by atoms with Gasteiger partial charge in [0.05, 0.1) is 11.6 Å². The van der Waals surface area contributed by atoms with Crippen molar-refractivity contribution < 1.29 is 4.74 Å². The Balaban J connectivity index is 2.28. The monoisotopic (exact) mass is 245 g/mol. The van der Waals surface area contributed by atoms with Gasteiger partial charge in [0.1, 0.15) is 17.8 Å². The molecule has 6 nitrogen and oxygen atoms in total. The van der Waals surface area contributed by atoms with Crippen molar-refractivity contribution in [3.8, 4) is 5.88 Å². The van der Waals surface area contributed by atoms with Crippen molar-refractivity contribution in [1.82, 2.24) is 15.0 Å². The maximum Gasteiger partial charge on any atom is 0.227 e. The summed E-state index contributed by atoms with van der Waals surface area (Å²) in [6, 6.07) is 2.09. The topological polar surface area (TPSA) is 86.0 Å². The standard InChI is InChI=1S/C12H15N5O/c1-3-7-5-18-11-9-8(4-6(2)14-11)16-12(13)17-10(9)15-7/h4,7H,3,5H2,1-2H3,(H3,13,15,16,17). The van der Waals surface area contributed by atoms with Crippen LogP contribution in [0.3, 0.4) is 0 Å². The third-order valence-corrected chi connectivity index (χ3v) is 3.05. The van der Waals surface area contributed by atoms with Crippen molar-refractivity contribution in [3.05, 3.63) is 11.8 Å². The summed E-state index contributed by atoms with van der Waals surface area (Å²) in [5.41, 5.74) is 7.36. The molecule has 1 unspecified atom stereocenters. The van der Waals surface area contributed by atoms with E-state index in [1.54, 1.807) is 0 Å². The molecule has 0 amide bonds. The Hall–Kier alpha value is -2.11. The second-order valence-electron chi connectivity index (χ2n) is 4.45. The fourth-order valence-electron chi connectivity index (χ4n) is 2.10. The molecule has 1 atom stereocenters. The predicted octanol–water partition coefficient (Wildman–Crippen LogP) is 1.50. The van der Waals surface area contributed by atoms with Crippen LogP contribution < -0.4 is 15.8 Å². The van der Waals surface area contributed by atoms with E-state index in [0.29, 0.717) is 18.3 Å². The Morgan fingerprint density at radius 3 is 3.06 bits per heavy atom. The summed E-state index contributed by atoms with van der Waals surface area (Å²) in [4.78, 5) is 12.9. The fraction of sp³-hybridized carbons (Fsp3) is 0.417. The number of nitrogen functional groups attached to an aromatic ring is 1. The highest BCUT2D eigenvalue weighted by Gasteiger charge is 2.21. The molecule has 0 bridgehead atoms. The van der Waals surface area contributed by atoms with Gasteiger partial charge in [0.25, 0.3) is 0 Å². The Morgan fingerprint density at radius 1 is 1.44 bits per heavy atom. The lowest BCUT2D eigenvalue weighted by molar-refractivity contribution is 0.290. The van der Waals surface area contributed by atoms with Gasteiger partial charge in [-0.1, -0.05) is 6.92 Å². The second-order valence-corrected chi connectivity index (χ2v) is 4.45. The number of hydrogen-bond acceptors (Lipinski definition) is 6. The van der Waals surface area contributed by atoms with Gasteiger partial charge in [-0.05, 0) is 19.4 Å². The van der Waals surface area contributed by atoms with E-state index < -0.39 is 0 Å². The highest BCUT2D eigenvalue weighted by Crippen LogP contribution is 2.32. The van der Waals surface area contributed by atoms with Gasteiger partial charge in [-0.2, -0.15) is 4.98 Å². The van der Waals surface area contributed by atoms with Crippen LogP contribution in [0.1, 0.15) is 19.0 Å². The van der Waals surface area contributed by atoms with Gasteiger partial charge in [0, 0.05) is 5.69 Å². The summed E-state index contributed by atoms with van der Waals surface area (Å²) in [5.74, 6) is 1.56. The SMILES string of the molecule is CCC1COc2nc(C)cc3nc(N)nc(c23)N1. The molecule has 0 spiro atoms. The maximum absolute atomic E-state index is 5.75. The molecule has 3 heterocycles. The van der Waals surface area contributed by atoms with Crippen molar-refractivity contribution >= 4 is 22.7 Å². The number of ether oxygens (including phenoxy) is 1. The van der Waals surface area contributed by atoms with Crippen LogP contribution in [0.2, 0.25) is 0 Å². The summed E-state index contributed by atoms with van der Waals surface area (Å²) >= 11 is 0. The van der Waals surface area contributed by atoms with Gasteiger partial charge in [-0.25, -0.2) is 9.97 Å². The number of aromatic nitrogens is 3. The number of nitrogens with zero attached hydrogens (tertiary/aromatic N) is 3. The summed E-state index contributed by atoms with van der Waals surface area (Å²) < 4.78 is 5.75. The molecule has 2 aromatic rings. The Kier molecular flexibility index (Phi) is 2.43. The normalized spacial score (nSPS) is 18.0. The average molecular weight is 245 g/mol. The number of hydrogen-bond donors (Lipinski definition) is 2. The summed E-state index contributed by atoms with van der Waals surface area (Å²) in [6.45, 7) is 4.57. The lowest BCUT2D eigenvalue weighted by atomic mass is 10.2. The highest BCUT2D eigenvalue weighted by atomic mass is 16.5. The lowest BCUT2D eigenvalue weighted by Gasteiger charge is -2.13. The summed E-state index contributed by atoms with van der Waals surface area (Å²) in [7, 11) is 0. The van der Waals surface area contributed by atoms with E-state index in [0.717, 1.165) is 23.0 Å². The van der Waals surface area contributed by atoms with Gasteiger partial charge >= 0.3 is 0 Å². The van der Waals surface area contributed by atoms with E-state index in [2.05, 4.69) is 27.2 Å². The molecule has 6 heteroatoms. The molecule has 94 valence electrons. The predicted molar refractivity (Wildman–Crippen MR) is 69.7 cm³/mol. The van der Waals surface area contributed by atoms with E-state index in [4.69, 9.17) is 10.5 Å². The number of nitrogens with two attached hydrogens (primary N) is 1. The molecule has 18 heavy (non-hydrogen) atoms. The van der Waals surface area contributed by atoms with Gasteiger partial charge in [0.2, 0.25) is 11.8 Å². The first-order valence-corrected chi connectivity index (χ1v) is 6.01. The molecule has 0 aliphatic carbocycles. The third-order valence-electron chi connectivity index (χ3n) is 3.05. The van der Waals surface area contributed by atoms with Crippen LogP contribution in [-0.4, -0.2) is 27.6 Å². The molecule has 0 fully saturated rings. The van der Waals surface area contributed by atoms with Gasteiger partial charge in [-0.15, -0.1) is 0 Å². The van der Waals surface area contributed by atoms with Crippen molar-refractivity contribution in [3.63, 3.8) is 0 Å². The number of pyridine rings is 1. The van der Waals surface area contributed by atoms with Crippen LogP contribution in [0, 0.1) is 6.92 Å². The molecule has 0 aromatic carbocycles. The Morgan fingerprint density at radius 2 is 2.28 bits per heavy atom. The summed E-state index contributed by atoms with van der Waals surface area (Å²) in [5, 5.41) is 4.15. The number of rotatable bonds is 1. The minimum Gasteiger partial charge on any atom is -0.475 e. The van der Waals surface area contributed by atoms with Gasteiger partial charge in [-0.3, -0.25) is 0 Å². The third kappa shape index (κ3) is 1.70. The van der Waals surface area contributed by atoms with Crippen LogP contribution in [0.4, 0.5) is 11.8 Å². The quantitative estimate of drug-likeness (QED) is 0.791. The molecule has 3 N–H and O–H groups in total. The van der Waals surface area contributed by atoms with Crippen molar-refractivity contribution in [2.24, 2.45) is 0 Å². The smallest absolute Gasteiger partial charge is 0.227 e. The van der Waals surface area contributed by atoms with Crippen LogP contribution in [-0.2, 0) is 0 Å². The highest BCUT2D eigenvalue weighted by molar-refractivity contribution is 5.94. The van der Waals surface area contributed by atoms with E-state index in [1.807, 2.05) is 13.0 Å². The van der Waals surface area contributed by atoms with E-state index in [9.17, 15) is 0 Å². The Labute approximate surface area is 105 Å². The molecule has 1 aliphatic rings. The van der Waals surface area contributed by atoms with Crippen LogP contribution >= 0.6 is 0 Å². The zero-order valence-corrected chi connectivity index (χ0v) is 10.4. The van der Waals surface area contributed by atoms with Crippen LogP contribution in [0.25, 0.3) is 10.9 Å². The molecule has 0 saturated carbocycles. The van der Waals surface area contributed by atoms with Crippen LogP contribution in [0.15, 0.2) is 6.07 Å². The average Bonchev–Trinajstić information content (AvgIpc) is 2.48. The van der Waals surface area contributed by atoms with Crippen LogP contribution in [0.5, 0.6) is 5.88 Å². The number of anilines is 2. The molecule has 2 aromatic heterocycles. The second kappa shape index (κ2) is 3.97. The first-order chi connectivity index (χ1) is 8.67. The minimum atomic E-state index is 0.206. The molecule has 3 rings (SSSR count). The van der Waals surface area contributed by atoms with Gasteiger partial charge in [0.15, 0.2) is 0 Å². The van der Waals surface area contributed by atoms with Crippen molar-refractivity contribution in [2.45, 2.75) is 26.3 Å². The molecule has 1 aliphatic heterocycles. The Bertz CT molecular complexity index is 608. The molecule has 0 saturated heterocycles. The minimum absolute atomic E-state index is 0.206. The lowest BCUT2D eigenvalue weighted by Crippen LogP contribution is -2.25. The first kappa shape index (κ1) is 11.0. The molecule has 0 radical (unpaired) electrons. The summed E-state index contributed by atoms with van der Waals surface area (Å²) in [6.07, 6.45) is 0.943. The van der Waals surface area contributed by atoms with E-state index >= 15 is 0 Å². The zero-order valence-electron chi connectivity index (χ0n) is 10.4. The molecular weight excluding hydrogens is 230 g/mol. The van der Waals surface area contributed by atoms with E-state index in [1.165, 1.54) is 0 Å². The largest absolute Gasteiger partial charge is 0.475 e. The van der Waals surface area contributed by atoms with Crippen molar-refractivity contribution in [1.29, 1.82) is 0 Å². The number of aryl methyl sites for hydroxylation is 1. The first-order valence-electron chi connectivity index (χ1n) is 6.01. The van der Waals surface area contributed by atoms with Crippen molar-refractivity contribution in [2.75, 3.05) is 17.7 Å². The molecular formula is C12H15N5O. The zero-order chi connectivity index (χ0) is 12.7. The van der Waals surface area contributed by atoms with E-state index in [-0.39, 0.29) is 12.0 Å². The number of nitrogens with one attached hydrogen (secondary N) is 1. The fourth-order valence-corrected chi connectivity index (χ4v) is 2.10.